The Morgan fingerprint density at radius 2 is 1.95 bits per heavy atom. The SMILES string of the molecule is CCC(C)C(N)C(=O)NC(C)c1ccc(C)cc1C. The first-order valence-electron chi connectivity index (χ1n) is 6.99. The highest BCUT2D eigenvalue weighted by atomic mass is 16.2. The molecule has 0 aromatic heterocycles. The normalized spacial score (nSPS) is 15.7. The molecule has 0 heterocycles. The molecule has 1 amide bonds. The van der Waals surface area contributed by atoms with Crippen molar-refractivity contribution < 1.29 is 4.79 Å². The molecule has 106 valence electrons. The van der Waals surface area contributed by atoms with Crippen LogP contribution < -0.4 is 11.1 Å². The molecule has 0 aliphatic heterocycles. The van der Waals surface area contributed by atoms with Gasteiger partial charge in [-0.1, -0.05) is 44.0 Å². The van der Waals surface area contributed by atoms with Gasteiger partial charge in [0, 0.05) is 0 Å². The van der Waals surface area contributed by atoms with Gasteiger partial charge in [-0.15, -0.1) is 0 Å². The van der Waals surface area contributed by atoms with E-state index < -0.39 is 6.04 Å². The van der Waals surface area contributed by atoms with Gasteiger partial charge in [-0.05, 0) is 37.8 Å². The van der Waals surface area contributed by atoms with Crippen molar-refractivity contribution in [2.45, 2.75) is 53.1 Å². The number of amides is 1. The first-order valence-corrected chi connectivity index (χ1v) is 6.99. The molecule has 0 bridgehead atoms. The number of rotatable bonds is 5. The zero-order valence-corrected chi connectivity index (χ0v) is 12.7. The van der Waals surface area contributed by atoms with Crippen LogP contribution in [0.15, 0.2) is 18.2 Å². The van der Waals surface area contributed by atoms with Crippen molar-refractivity contribution in [1.82, 2.24) is 5.32 Å². The van der Waals surface area contributed by atoms with Crippen LogP contribution in [-0.4, -0.2) is 11.9 Å². The number of hydrogen-bond acceptors (Lipinski definition) is 2. The summed E-state index contributed by atoms with van der Waals surface area (Å²) < 4.78 is 0. The van der Waals surface area contributed by atoms with E-state index in [2.05, 4.69) is 37.4 Å². The Bertz CT molecular complexity index is 442. The van der Waals surface area contributed by atoms with Crippen molar-refractivity contribution in [3.05, 3.63) is 34.9 Å². The van der Waals surface area contributed by atoms with Gasteiger partial charge in [0.25, 0.3) is 0 Å². The lowest BCUT2D eigenvalue weighted by molar-refractivity contribution is -0.124. The van der Waals surface area contributed by atoms with Crippen molar-refractivity contribution in [1.29, 1.82) is 0 Å². The van der Waals surface area contributed by atoms with E-state index in [0.29, 0.717) is 0 Å². The molecule has 0 aliphatic rings. The Labute approximate surface area is 116 Å². The molecule has 19 heavy (non-hydrogen) atoms. The van der Waals surface area contributed by atoms with Crippen molar-refractivity contribution >= 4 is 5.91 Å². The van der Waals surface area contributed by atoms with Gasteiger partial charge >= 0.3 is 0 Å². The number of hydrogen-bond donors (Lipinski definition) is 2. The van der Waals surface area contributed by atoms with Crippen LogP contribution in [0, 0.1) is 19.8 Å². The molecule has 0 saturated carbocycles. The molecular formula is C16H26N2O. The zero-order chi connectivity index (χ0) is 14.6. The van der Waals surface area contributed by atoms with Crippen LogP contribution in [0.25, 0.3) is 0 Å². The van der Waals surface area contributed by atoms with E-state index in [1.54, 1.807) is 0 Å². The third-order valence-electron chi connectivity index (χ3n) is 3.81. The molecule has 0 saturated heterocycles. The van der Waals surface area contributed by atoms with E-state index in [0.717, 1.165) is 12.0 Å². The van der Waals surface area contributed by atoms with Gasteiger partial charge in [0.1, 0.15) is 0 Å². The summed E-state index contributed by atoms with van der Waals surface area (Å²) in [7, 11) is 0. The highest BCUT2D eigenvalue weighted by Crippen LogP contribution is 2.19. The van der Waals surface area contributed by atoms with E-state index in [9.17, 15) is 4.79 Å². The average molecular weight is 262 g/mol. The summed E-state index contributed by atoms with van der Waals surface area (Å²) in [6.07, 6.45) is 0.909. The minimum atomic E-state index is -0.432. The summed E-state index contributed by atoms with van der Waals surface area (Å²) >= 11 is 0. The largest absolute Gasteiger partial charge is 0.348 e. The van der Waals surface area contributed by atoms with Crippen LogP contribution >= 0.6 is 0 Å². The second kappa shape index (κ2) is 6.71. The second-order valence-electron chi connectivity index (χ2n) is 5.50. The van der Waals surface area contributed by atoms with Crippen LogP contribution in [0.2, 0.25) is 0 Å². The van der Waals surface area contributed by atoms with Crippen LogP contribution in [-0.2, 0) is 4.79 Å². The smallest absolute Gasteiger partial charge is 0.237 e. The molecule has 3 N–H and O–H groups in total. The van der Waals surface area contributed by atoms with E-state index >= 15 is 0 Å². The second-order valence-corrected chi connectivity index (χ2v) is 5.50. The van der Waals surface area contributed by atoms with Gasteiger partial charge in [0.15, 0.2) is 0 Å². The summed E-state index contributed by atoms with van der Waals surface area (Å²) in [5, 5.41) is 3.01. The third-order valence-corrected chi connectivity index (χ3v) is 3.81. The number of aryl methyl sites for hydroxylation is 2. The maximum atomic E-state index is 12.1. The maximum Gasteiger partial charge on any atom is 0.237 e. The molecule has 1 rings (SSSR count). The molecule has 1 aromatic carbocycles. The zero-order valence-electron chi connectivity index (χ0n) is 12.7. The first-order chi connectivity index (χ1) is 8.86. The minimum Gasteiger partial charge on any atom is -0.348 e. The van der Waals surface area contributed by atoms with E-state index in [1.165, 1.54) is 11.1 Å². The Balaban J connectivity index is 2.74. The molecule has 3 heteroatoms. The number of nitrogens with two attached hydrogens (primary N) is 1. The van der Waals surface area contributed by atoms with Gasteiger partial charge in [-0.3, -0.25) is 4.79 Å². The topological polar surface area (TPSA) is 55.1 Å². The standard InChI is InChI=1S/C16H26N2O/c1-6-11(3)15(17)16(19)18-13(5)14-8-7-10(2)9-12(14)4/h7-9,11,13,15H,6,17H2,1-5H3,(H,18,19). The van der Waals surface area contributed by atoms with Gasteiger partial charge in [-0.25, -0.2) is 0 Å². The first kappa shape index (κ1) is 15.7. The van der Waals surface area contributed by atoms with Gasteiger partial charge in [-0.2, -0.15) is 0 Å². The molecule has 3 atom stereocenters. The maximum absolute atomic E-state index is 12.1. The summed E-state index contributed by atoms with van der Waals surface area (Å²) in [4.78, 5) is 12.1. The fraction of sp³-hybridized carbons (Fsp3) is 0.562. The van der Waals surface area contributed by atoms with Crippen LogP contribution in [0.1, 0.15) is 49.9 Å². The molecule has 0 fully saturated rings. The minimum absolute atomic E-state index is 0.0109. The molecular weight excluding hydrogens is 236 g/mol. The molecule has 0 spiro atoms. The molecule has 0 aliphatic carbocycles. The predicted octanol–water partition coefficient (Wildman–Crippen LogP) is 2.85. The van der Waals surface area contributed by atoms with Crippen LogP contribution in [0.4, 0.5) is 0 Å². The Morgan fingerprint density at radius 1 is 1.32 bits per heavy atom. The van der Waals surface area contributed by atoms with E-state index in [4.69, 9.17) is 5.73 Å². The highest BCUT2D eigenvalue weighted by molar-refractivity contribution is 5.82. The lowest BCUT2D eigenvalue weighted by Gasteiger charge is -2.22. The predicted molar refractivity (Wildman–Crippen MR) is 79.9 cm³/mol. The van der Waals surface area contributed by atoms with Gasteiger partial charge in [0.2, 0.25) is 5.91 Å². The van der Waals surface area contributed by atoms with Crippen molar-refractivity contribution in [3.8, 4) is 0 Å². The third kappa shape index (κ3) is 4.06. The summed E-state index contributed by atoms with van der Waals surface area (Å²) in [5.74, 6) is 0.133. The van der Waals surface area contributed by atoms with Crippen LogP contribution in [0.5, 0.6) is 0 Å². The summed E-state index contributed by atoms with van der Waals surface area (Å²) in [5.41, 5.74) is 9.53. The number of benzene rings is 1. The van der Waals surface area contributed by atoms with Crippen molar-refractivity contribution in [2.75, 3.05) is 0 Å². The lowest BCUT2D eigenvalue weighted by Crippen LogP contribution is -2.45. The molecule has 1 aromatic rings. The average Bonchev–Trinajstić information content (AvgIpc) is 2.36. The molecule has 0 radical (unpaired) electrons. The lowest BCUT2D eigenvalue weighted by atomic mass is 9.97. The van der Waals surface area contributed by atoms with E-state index in [-0.39, 0.29) is 17.9 Å². The number of carbonyl (C=O) groups is 1. The monoisotopic (exact) mass is 262 g/mol. The fourth-order valence-electron chi connectivity index (χ4n) is 2.21. The van der Waals surface area contributed by atoms with Crippen LogP contribution in [0.3, 0.4) is 0 Å². The number of nitrogens with one attached hydrogen (secondary N) is 1. The number of carbonyl (C=O) groups excluding carboxylic acids is 1. The van der Waals surface area contributed by atoms with Gasteiger partial charge < -0.3 is 11.1 Å². The fourth-order valence-corrected chi connectivity index (χ4v) is 2.21. The summed E-state index contributed by atoms with van der Waals surface area (Å²) in [6.45, 7) is 10.2. The van der Waals surface area contributed by atoms with Gasteiger partial charge in [0.05, 0.1) is 12.1 Å². The Morgan fingerprint density at radius 3 is 2.47 bits per heavy atom. The Hall–Kier alpha value is -1.35. The van der Waals surface area contributed by atoms with Crippen molar-refractivity contribution in [3.63, 3.8) is 0 Å². The highest BCUT2D eigenvalue weighted by Gasteiger charge is 2.21. The van der Waals surface area contributed by atoms with E-state index in [1.807, 2.05) is 20.8 Å². The van der Waals surface area contributed by atoms with Crippen molar-refractivity contribution in [2.24, 2.45) is 11.7 Å². The quantitative estimate of drug-likeness (QED) is 0.857. The summed E-state index contributed by atoms with van der Waals surface area (Å²) in [6, 6.07) is 5.83. The Kier molecular flexibility index (Phi) is 5.55. The molecule has 3 nitrogen and oxygen atoms in total. The molecule has 3 unspecified atom stereocenters.